The Morgan fingerprint density at radius 3 is 2.79 bits per heavy atom. The van der Waals surface area contributed by atoms with E-state index in [0.29, 0.717) is 24.1 Å². The Morgan fingerprint density at radius 2 is 2.16 bits per heavy atom. The molecule has 1 fully saturated rings. The van der Waals surface area contributed by atoms with Crippen molar-refractivity contribution < 1.29 is 5.11 Å². The van der Waals surface area contributed by atoms with Crippen LogP contribution in [-0.4, -0.2) is 22.8 Å². The molecule has 19 heavy (non-hydrogen) atoms. The summed E-state index contributed by atoms with van der Waals surface area (Å²) in [7, 11) is 1.89. The lowest BCUT2D eigenvalue weighted by molar-refractivity contribution is 0.133. The van der Waals surface area contributed by atoms with Gasteiger partial charge in [0.1, 0.15) is 11.8 Å². The summed E-state index contributed by atoms with van der Waals surface area (Å²) < 4.78 is 1.86. The van der Waals surface area contributed by atoms with Crippen molar-refractivity contribution in [1.29, 1.82) is 5.26 Å². The molecule has 2 unspecified atom stereocenters. The van der Waals surface area contributed by atoms with E-state index in [1.54, 1.807) is 0 Å². The van der Waals surface area contributed by atoms with Crippen molar-refractivity contribution in [2.75, 3.05) is 13.2 Å². The van der Waals surface area contributed by atoms with Crippen LogP contribution in [0.25, 0.3) is 0 Å². The Kier molecular flexibility index (Phi) is 5.00. The summed E-state index contributed by atoms with van der Waals surface area (Å²) in [5.41, 5.74) is 1.85. The number of rotatable bonds is 5. The van der Waals surface area contributed by atoms with E-state index in [0.717, 1.165) is 25.1 Å². The summed E-state index contributed by atoms with van der Waals surface area (Å²) >= 11 is 0. The van der Waals surface area contributed by atoms with Gasteiger partial charge in [0, 0.05) is 26.4 Å². The fourth-order valence-electron chi connectivity index (χ4n) is 3.04. The topological polar surface area (TPSA) is 61.0 Å². The number of aliphatic hydroxyl groups excluding tert-OH is 1. The van der Waals surface area contributed by atoms with Crippen LogP contribution < -0.4 is 5.32 Å². The quantitative estimate of drug-likeness (QED) is 0.849. The van der Waals surface area contributed by atoms with E-state index < -0.39 is 0 Å². The van der Waals surface area contributed by atoms with Crippen molar-refractivity contribution in [1.82, 2.24) is 9.88 Å². The monoisotopic (exact) mass is 261 g/mol. The molecule has 2 rings (SSSR count). The van der Waals surface area contributed by atoms with Gasteiger partial charge in [-0.3, -0.25) is 0 Å². The van der Waals surface area contributed by atoms with Crippen LogP contribution in [0.4, 0.5) is 0 Å². The summed E-state index contributed by atoms with van der Waals surface area (Å²) in [6.07, 6.45) is 6.91. The molecule has 4 heteroatoms. The number of nitriles is 1. The average Bonchev–Trinajstić information content (AvgIpc) is 2.79. The lowest BCUT2D eigenvalue weighted by Crippen LogP contribution is -2.32. The van der Waals surface area contributed by atoms with Crippen molar-refractivity contribution in [3.63, 3.8) is 0 Å². The van der Waals surface area contributed by atoms with Crippen LogP contribution in [0.15, 0.2) is 12.3 Å². The lowest BCUT2D eigenvalue weighted by atomic mass is 9.79. The molecule has 0 amide bonds. The zero-order valence-electron chi connectivity index (χ0n) is 11.6. The van der Waals surface area contributed by atoms with E-state index in [2.05, 4.69) is 11.4 Å². The summed E-state index contributed by atoms with van der Waals surface area (Å²) in [6, 6.07) is 4.10. The van der Waals surface area contributed by atoms with Gasteiger partial charge in [-0.25, -0.2) is 0 Å². The number of hydrogen-bond donors (Lipinski definition) is 2. The molecule has 104 valence electrons. The lowest BCUT2D eigenvalue weighted by Gasteiger charge is -2.30. The Bertz CT molecular complexity index is 447. The second-order valence-electron chi connectivity index (χ2n) is 5.57. The average molecular weight is 261 g/mol. The Hall–Kier alpha value is -1.31. The van der Waals surface area contributed by atoms with Crippen molar-refractivity contribution in [2.24, 2.45) is 18.9 Å². The van der Waals surface area contributed by atoms with Gasteiger partial charge < -0.3 is 15.0 Å². The zero-order valence-corrected chi connectivity index (χ0v) is 11.6. The third-order valence-electron chi connectivity index (χ3n) is 4.21. The van der Waals surface area contributed by atoms with Crippen LogP contribution in [0.3, 0.4) is 0 Å². The zero-order chi connectivity index (χ0) is 13.7. The molecule has 2 atom stereocenters. The van der Waals surface area contributed by atoms with Crippen LogP contribution in [0, 0.1) is 23.2 Å². The number of nitrogens with one attached hydrogen (secondary N) is 1. The van der Waals surface area contributed by atoms with Gasteiger partial charge in [0.15, 0.2) is 0 Å². The van der Waals surface area contributed by atoms with Gasteiger partial charge in [-0.05, 0) is 42.9 Å². The first-order chi connectivity index (χ1) is 9.24. The predicted octanol–water partition coefficient (Wildman–Crippen LogP) is 1.79. The van der Waals surface area contributed by atoms with Gasteiger partial charge in [0.05, 0.1) is 0 Å². The van der Waals surface area contributed by atoms with Crippen molar-refractivity contribution in [3.8, 4) is 6.07 Å². The number of nitrogens with zero attached hydrogens (tertiary/aromatic N) is 2. The number of aromatic nitrogens is 1. The van der Waals surface area contributed by atoms with Crippen LogP contribution in [-0.2, 0) is 13.6 Å². The molecular formula is C15H23N3O. The summed E-state index contributed by atoms with van der Waals surface area (Å²) in [5, 5.41) is 21.8. The van der Waals surface area contributed by atoms with Crippen LogP contribution >= 0.6 is 0 Å². The fraction of sp³-hybridized carbons (Fsp3) is 0.667. The van der Waals surface area contributed by atoms with E-state index in [4.69, 9.17) is 5.26 Å². The maximum atomic E-state index is 9.38. The van der Waals surface area contributed by atoms with Crippen LogP contribution in [0.5, 0.6) is 0 Å². The van der Waals surface area contributed by atoms with Crippen molar-refractivity contribution in [2.45, 2.75) is 32.2 Å². The molecule has 0 spiro atoms. The molecule has 0 bridgehead atoms. The highest BCUT2D eigenvalue weighted by Crippen LogP contribution is 2.29. The van der Waals surface area contributed by atoms with Gasteiger partial charge in [0.2, 0.25) is 0 Å². The summed E-state index contributed by atoms with van der Waals surface area (Å²) in [5.74, 6) is 1.06. The van der Waals surface area contributed by atoms with E-state index in [1.165, 1.54) is 19.3 Å². The second kappa shape index (κ2) is 6.74. The molecule has 1 aliphatic rings. The third kappa shape index (κ3) is 3.59. The van der Waals surface area contributed by atoms with Crippen molar-refractivity contribution in [3.05, 3.63) is 23.5 Å². The second-order valence-corrected chi connectivity index (χ2v) is 5.57. The number of hydrogen-bond acceptors (Lipinski definition) is 3. The molecule has 0 aliphatic heterocycles. The smallest absolute Gasteiger partial charge is 0.120 e. The molecule has 0 aromatic carbocycles. The molecule has 2 N–H and O–H groups in total. The molecule has 4 nitrogen and oxygen atoms in total. The summed E-state index contributed by atoms with van der Waals surface area (Å²) in [6.45, 7) is 2.07. The molecule has 0 saturated heterocycles. The van der Waals surface area contributed by atoms with E-state index in [-0.39, 0.29) is 0 Å². The maximum absolute atomic E-state index is 9.38. The largest absolute Gasteiger partial charge is 0.396 e. The summed E-state index contributed by atoms with van der Waals surface area (Å²) in [4.78, 5) is 0. The maximum Gasteiger partial charge on any atom is 0.120 e. The molecule has 1 aromatic heterocycles. The molecule has 1 aliphatic carbocycles. The van der Waals surface area contributed by atoms with Crippen molar-refractivity contribution >= 4 is 0 Å². The van der Waals surface area contributed by atoms with E-state index in [9.17, 15) is 5.11 Å². The van der Waals surface area contributed by atoms with E-state index >= 15 is 0 Å². The minimum absolute atomic E-state index is 0.316. The van der Waals surface area contributed by atoms with Gasteiger partial charge in [0.25, 0.3) is 0 Å². The predicted molar refractivity (Wildman–Crippen MR) is 74.4 cm³/mol. The SMILES string of the molecule is Cn1cc(CNCC2CCCCC2CO)cc1C#N. The van der Waals surface area contributed by atoms with Gasteiger partial charge in [-0.2, -0.15) is 5.26 Å². The molecule has 1 aromatic rings. The highest BCUT2D eigenvalue weighted by atomic mass is 16.3. The standard InChI is InChI=1S/C15H23N3O/c1-18-10-12(6-15(18)7-16)8-17-9-13-4-2-3-5-14(13)11-19/h6,10,13-14,17,19H,2-5,8-9,11H2,1H3. The van der Waals surface area contributed by atoms with Gasteiger partial charge in [-0.15, -0.1) is 0 Å². The molecular weight excluding hydrogens is 238 g/mol. The van der Waals surface area contributed by atoms with Gasteiger partial charge >= 0.3 is 0 Å². The number of aryl methyl sites for hydroxylation is 1. The Morgan fingerprint density at radius 1 is 1.42 bits per heavy atom. The number of aliphatic hydroxyl groups is 1. The molecule has 1 heterocycles. The minimum Gasteiger partial charge on any atom is -0.396 e. The first-order valence-corrected chi connectivity index (χ1v) is 7.11. The first kappa shape index (κ1) is 14.1. The van der Waals surface area contributed by atoms with Crippen LogP contribution in [0.1, 0.15) is 36.9 Å². The normalized spacial score (nSPS) is 23.2. The van der Waals surface area contributed by atoms with Crippen LogP contribution in [0.2, 0.25) is 0 Å². The molecule has 0 radical (unpaired) electrons. The minimum atomic E-state index is 0.316. The highest BCUT2D eigenvalue weighted by Gasteiger charge is 2.23. The molecule has 1 saturated carbocycles. The third-order valence-corrected chi connectivity index (χ3v) is 4.21. The van der Waals surface area contributed by atoms with E-state index in [1.807, 2.05) is 23.9 Å². The fourth-order valence-corrected chi connectivity index (χ4v) is 3.04. The Balaban J connectivity index is 1.80. The highest BCUT2D eigenvalue weighted by molar-refractivity contribution is 5.28. The van der Waals surface area contributed by atoms with Gasteiger partial charge in [-0.1, -0.05) is 12.8 Å². The Labute approximate surface area is 115 Å². The first-order valence-electron chi connectivity index (χ1n) is 7.11.